The molecule has 0 atom stereocenters. The molecule has 0 spiro atoms. The first kappa shape index (κ1) is 14.9. The molecule has 1 N–H and O–H groups in total. The van der Waals surface area contributed by atoms with Gasteiger partial charge in [-0.25, -0.2) is 0 Å². The summed E-state index contributed by atoms with van der Waals surface area (Å²) in [5.74, 6) is -0.629. The van der Waals surface area contributed by atoms with Gasteiger partial charge >= 0.3 is 5.97 Å². The molecule has 5 heteroatoms. The van der Waals surface area contributed by atoms with E-state index in [9.17, 15) is 9.59 Å². The molecule has 0 aliphatic rings. The lowest BCUT2D eigenvalue weighted by Crippen LogP contribution is -2.48. The number of amides is 1. The summed E-state index contributed by atoms with van der Waals surface area (Å²) in [6.07, 6.45) is 0.938. The van der Waals surface area contributed by atoms with Gasteiger partial charge in [0.15, 0.2) is 6.61 Å². The SMILES string of the molecule is CCCNC(C)(C)C(=O)OCC(=O)N(C)C. The number of ether oxygens (including phenoxy) is 1. The summed E-state index contributed by atoms with van der Waals surface area (Å²) in [5, 5.41) is 3.06. The Bertz CT molecular complexity index is 250. The van der Waals surface area contributed by atoms with Crippen LogP contribution in [0.3, 0.4) is 0 Å². The minimum atomic E-state index is -0.747. The van der Waals surface area contributed by atoms with E-state index in [2.05, 4.69) is 5.32 Å². The van der Waals surface area contributed by atoms with Crippen LogP contribution in [0.2, 0.25) is 0 Å². The predicted molar refractivity (Wildman–Crippen MR) is 62.0 cm³/mol. The number of carbonyl (C=O) groups excluding carboxylic acids is 2. The van der Waals surface area contributed by atoms with E-state index >= 15 is 0 Å². The quantitative estimate of drug-likeness (QED) is 0.671. The number of hydrogen-bond donors (Lipinski definition) is 1. The molecule has 0 aromatic carbocycles. The summed E-state index contributed by atoms with van der Waals surface area (Å²) < 4.78 is 4.93. The maximum absolute atomic E-state index is 11.6. The van der Waals surface area contributed by atoms with Crippen molar-refractivity contribution in [1.29, 1.82) is 0 Å². The van der Waals surface area contributed by atoms with Gasteiger partial charge in [0.05, 0.1) is 0 Å². The molecule has 1 amide bonds. The van der Waals surface area contributed by atoms with Crippen LogP contribution >= 0.6 is 0 Å². The van der Waals surface area contributed by atoms with Crippen LogP contribution in [0.1, 0.15) is 27.2 Å². The number of esters is 1. The smallest absolute Gasteiger partial charge is 0.326 e. The average molecular weight is 230 g/mol. The van der Waals surface area contributed by atoms with Crippen molar-refractivity contribution in [3.8, 4) is 0 Å². The first-order valence-corrected chi connectivity index (χ1v) is 5.43. The van der Waals surface area contributed by atoms with Crippen LogP contribution in [0.4, 0.5) is 0 Å². The van der Waals surface area contributed by atoms with E-state index in [-0.39, 0.29) is 12.5 Å². The van der Waals surface area contributed by atoms with Gasteiger partial charge in [0.25, 0.3) is 5.91 Å². The van der Waals surface area contributed by atoms with Gasteiger partial charge in [0.2, 0.25) is 0 Å². The summed E-state index contributed by atoms with van der Waals surface area (Å²) in [4.78, 5) is 24.2. The molecule has 16 heavy (non-hydrogen) atoms. The fraction of sp³-hybridized carbons (Fsp3) is 0.818. The van der Waals surface area contributed by atoms with Crippen molar-refractivity contribution in [2.45, 2.75) is 32.7 Å². The third-order valence-electron chi connectivity index (χ3n) is 2.15. The zero-order valence-corrected chi connectivity index (χ0v) is 10.8. The van der Waals surface area contributed by atoms with E-state index in [1.54, 1.807) is 27.9 Å². The van der Waals surface area contributed by atoms with Crippen molar-refractivity contribution in [1.82, 2.24) is 10.2 Å². The monoisotopic (exact) mass is 230 g/mol. The second-order valence-electron chi connectivity index (χ2n) is 4.42. The molecule has 0 fully saturated rings. The third kappa shape index (κ3) is 5.11. The van der Waals surface area contributed by atoms with E-state index < -0.39 is 11.5 Å². The number of hydrogen-bond acceptors (Lipinski definition) is 4. The van der Waals surface area contributed by atoms with Crippen molar-refractivity contribution in [3.05, 3.63) is 0 Å². The molecule has 0 aromatic rings. The van der Waals surface area contributed by atoms with Crippen LogP contribution in [-0.4, -0.2) is 49.6 Å². The van der Waals surface area contributed by atoms with E-state index in [4.69, 9.17) is 4.74 Å². The van der Waals surface area contributed by atoms with Crippen molar-refractivity contribution in [2.24, 2.45) is 0 Å². The Morgan fingerprint density at radius 1 is 1.31 bits per heavy atom. The predicted octanol–water partition coefficient (Wildman–Crippen LogP) is 0.396. The molecule has 0 saturated carbocycles. The first-order valence-electron chi connectivity index (χ1n) is 5.43. The Morgan fingerprint density at radius 3 is 2.31 bits per heavy atom. The summed E-state index contributed by atoms with van der Waals surface area (Å²) in [6, 6.07) is 0. The molecule has 0 aromatic heterocycles. The topological polar surface area (TPSA) is 58.6 Å². The lowest BCUT2D eigenvalue weighted by Gasteiger charge is -2.24. The van der Waals surface area contributed by atoms with Crippen molar-refractivity contribution in [2.75, 3.05) is 27.2 Å². The number of carbonyl (C=O) groups is 2. The summed E-state index contributed by atoms with van der Waals surface area (Å²) in [7, 11) is 3.24. The van der Waals surface area contributed by atoms with Gasteiger partial charge in [-0.2, -0.15) is 0 Å². The molecular formula is C11H22N2O3. The van der Waals surface area contributed by atoms with Crippen molar-refractivity contribution >= 4 is 11.9 Å². The lowest BCUT2D eigenvalue weighted by molar-refractivity contribution is -0.156. The maximum atomic E-state index is 11.6. The molecule has 94 valence electrons. The Balaban J connectivity index is 4.09. The highest BCUT2D eigenvalue weighted by Crippen LogP contribution is 2.05. The standard InChI is InChI=1S/C11H22N2O3/c1-6-7-12-11(2,3)10(15)16-8-9(14)13(4)5/h12H,6-8H2,1-5H3. The fourth-order valence-electron chi connectivity index (χ4n) is 0.946. The highest BCUT2D eigenvalue weighted by Gasteiger charge is 2.28. The third-order valence-corrected chi connectivity index (χ3v) is 2.15. The van der Waals surface area contributed by atoms with Crippen LogP contribution in [0.5, 0.6) is 0 Å². The highest BCUT2D eigenvalue weighted by molar-refractivity contribution is 5.84. The summed E-state index contributed by atoms with van der Waals surface area (Å²) >= 11 is 0. The molecule has 0 radical (unpaired) electrons. The Labute approximate surface area is 97.1 Å². The van der Waals surface area contributed by atoms with Gasteiger partial charge in [-0.3, -0.25) is 9.59 Å². The zero-order valence-electron chi connectivity index (χ0n) is 10.8. The number of nitrogens with one attached hydrogen (secondary N) is 1. The number of likely N-dealkylation sites (N-methyl/N-ethyl adjacent to an activating group) is 1. The molecule has 0 bridgehead atoms. The van der Waals surface area contributed by atoms with Gasteiger partial charge in [-0.15, -0.1) is 0 Å². The van der Waals surface area contributed by atoms with Crippen LogP contribution in [0, 0.1) is 0 Å². The normalized spacial score (nSPS) is 11.1. The molecule has 5 nitrogen and oxygen atoms in total. The molecule has 0 unspecified atom stereocenters. The van der Waals surface area contributed by atoms with Gasteiger partial charge in [-0.05, 0) is 26.8 Å². The van der Waals surface area contributed by atoms with Gasteiger partial charge in [0, 0.05) is 14.1 Å². The molecule has 0 aliphatic carbocycles. The Kier molecular flexibility index (Phi) is 6.03. The van der Waals surface area contributed by atoms with Crippen molar-refractivity contribution < 1.29 is 14.3 Å². The molecule has 0 aliphatic heterocycles. The van der Waals surface area contributed by atoms with Crippen molar-refractivity contribution in [3.63, 3.8) is 0 Å². The molecule has 0 saturated heterocycles. The number of nitrogens with zero attached hydrogens (tertiary/aromatic N) is 1. The van der Waals surface area contributed by atoms with Gasteiger partial charge in [-0.1, -0.05) is 6.92 Å². The minimum Gasteiger partial charge on any atom is -0.454 e. The Morgan fingerprint density at radius 2 is 1.88 bits per heavy atom. The maximum Gasteiger partial charge on any atom is 0.326 e. The summed E-state index contributed by atoms with van der Waals surface area (Å²) in [6.45, 7) is 6.03. The van der Waals surface area contributed by atoms with E-state index in [1.165, 1.54) is 4.90 Å². The van der Waals surface area contributed by atoms with E-state index in [0.29, 0.717) is 0 Å². The molecular weight excluding hydrogens is 208 g/mol. The van der Waals surface area contributed by atoms with Crippen LogP contribution in [-0.2, 0) is 14.3 Å². The summed E-state index contributed by atoms with van der Waals surface area (Å²) in [5.41, 5.74) is -0.747. The zero-order chi connectivity index (χ0) is 12.8. The van der Waals surface area contributed by atoms with Crippen LogP contribution in [0.25, 0.3) is 0 Å². The van der Waals surface area contributed by atoms with Crippen LogP contribution < -0.4 is 5.32 Å². The lowest BCUT2D eigenvalue weighted by atomic mass is 10.1. The highest BCUT2D eigenvalue weighted by atomic mass is 16.5. The first-order chi connectivity index (χ1) is 7.31. The van der Waals surface area contributed by atoms with Gasteiger partial charge < -0.3 is 15.0 Å². The second kappa shape index (κ2) is 6.48. The average Bonchev–Trinajstić information content (AvgIpc) is 2.22. The van der Waals surface area contributed by atoms with Gasteiger partial charge in [0.1, 0.15) is 5.54 Å². The van der Waals surface area contributed by atoms with Crippen LogP contribution in [0.15, 0.2) is 0 Å². The molecule has 0 heterocycles. The largest absolute Gasteiger partial charge is 0.454 e. The fourth-order valence-corrected chi connectivity index (χ4v) is 0.946. The Hall–Kier alpha value is -1.10. The number of rotatable bonds is 6. The van der Waals surface area contributed by atoms with E-state index in [0.717, 1.165) is 13.0 Å². The second-order valence-corrected chi connectivity index (χ2v) is 4.42. The molecule has 0 rings (SSSR count). The minimum absolute atomic E-state index is 0.205. The van der Waals surface area contributed by atoms with E-state index in [1.807, 2.05) is 6.92 Å².